The molecule has 0 radical (unpaired) electrons. The molecule has 2 N–H and O–H groups in total. The molecule has 2 unspecified atom stereocenters. The number of urea groups is 1. The van der Waals surface area contributed by atoms with E-state index >= 15 is 0 Å². The molecule has 2 aromatic heterocycles. The van der Waals surface area contributed by atoms with Crippen molar-refractivity contribution in [3.05, 3.63) is 58.4 Å². The van der Waals surface area contributed by atoms with Gasteiger partial charge in [-0.2, -0.15) is 13.2 Å². The van der Waals surface area contributed by atoms with Crippen LogP contribution in [-0.4, -0.2) is 79.7 Å². The highest BCUT2D eigenvalue weighted by Gasteiger charge is 2.40. The third-order valence-corrected chi connectivity index (χ3v) is 7.46. The summed E-state index contributed by atoms with van der Waals surface area (Å²) in [6.45, 7) is -1.60. The van der Waals surface area contributed by atoms with Crippen molar-refractivity contribution in [2.24, 2.45) is 0 Å². The van der Waals surface area contributed by atoms with E-state index in [1.807, 2.05) is 0 Å². The average Bonchev–Trinajstić information content (AvgIpc) is 3.18. The zero-order chi connectivity index (χ0) is 28.6. The summed E-state index contributed by atoms with van der Waals surface area (Å²) in [5.41, 5.74) is 0.462. The van der Waals surface area contributed by atoms with Gasteiger partial charge in [0.1, 0.15) is 24.4 Å². The van der Waals surface area contributed by atoms with E-state index in [2.05, 4.69) is 20.3 Å². The van der Waals surface area contributed by atoms with Crippen LogP contribution in [0.1, 0.15) is 43.2 Å². The van der Waals surface area contributed by atoms with Crippen LogP contribution in [0.4, 0.5) is 26.7 Å². The number of likely N-dealkylation sites (tertiary alicyclic amines) is 2. The molecular weight excluding hydrogens is 541 g/mol. The summed E-state index contributed by atoms with van der Waals surface area (Å²) >= 11 is 0. The van der Waals surface area contributed by atoms with Crippen LogP contribution in [0.25, 0.3) is 11.2 Å². The van der Waals surface area contributed by atoms with Gasteiger partial charge in [0.05, 0.1) is 6.20 Å². The molecule has 2 aliphatic heterocycles. The van der Waals surface area contributed by atoms with Gasteiger partial charge in [0.15, 0.2) is 17.3 Å². The molecule has 1 aromatic carbocycles. The Bertz CT molecular complexity index is 1460. The summed E-state index contributed by atoms with van der Waals surface area (Å²) < 4.78 is 69.8. The number of aromatic nitrogens is 4. The van der Waals surface area contributed by atoms with Gasteiger partial charge in [-0.05, 0) is 37.3 Å². The quantitative estimate of drug-likeness (QED) is 0.471. The van der Waals surface area contributed by atoms with Gasteiger partial charge in [-0.15, -0.1) is 0 Å². The van der Waals surface area contributed by atoms with Crippen LogP contribution >= 0.6 is 0 Å². The van der Waals surface area contributed by atoms with Crippen LogP contribution in [-0.2, 0) is 4.79 Å². The first kappa shape index (κ1) is 27.5. The minimum Gasteiger partial charge on any atom is -0.331 e. The van der Waals surface area contributed by atoms with Crippen LogP contribution in [0.15, 0.2) is 35.5 Å². The van der Waals surface area contributed by atoms with E-state index in [1.54, 1.807) is 4.57 Å². The van der Waals surface area contributed by atoms with Gasteiger partial charge >= 0.3 is 17.9 Å². The van der Waals surface area contributed by atoms with Crippen molar-refractivity contribution >= 4 is 23.1 Å². The molecule has 15 heteroatoms. The van der Waals surface area contributed by atoms with E-state index in [4.69, 9.17) is 0 Å². The number of hydrogen-bond donors (Lipinski definition) is 2. The van der Waals surface area contributed by atoms with E-state index in [0.29, 0.717) is 28.9 Å². The first-order valence-corrected chi connectivity index (χ1v) is 12.8. The highest BCUT2D eigenvalue weighted by atomic mass is 19.4. The lowest BCUT2D eigenvalue weighted by atomic mass is 9.93. The van der Waals surface area contributed by atoms with Gasteiger partial charge in [-0.3, -0.25) is 14.3 Å². The van der Waals surface area contributed by atoms with Crippen molar-refractivity contribution in [1.29, 1.82) is 0 Å². The van der Waals surface area contributed by atoms with Crippen LogP contribution in [0.3, 0.4) is 0 Å². The minimum atomic E-state index is -4.73. The maximum Gasteiger partial charge on any atom is 0.406 e. The van der Waals surface area contributed by atoms with E-state index in [9.17, 15) is 36.3 Å². The van der Waals surface area contributed by atoms with E-state index in [1.165, 1.54) is 29.6 Å². The number of amides is 3. The Hall–Kier alpha value is -4.04. The lowest BCUT2D eigenvalue weighted by molar-refractivity contribution is -0.162. The van der Waals surface area contributed by atoms with Gasteiger partial charge in [-0.1, -0.05) is 12.1 Å². The van der Waals surface area contributed by atoms with Crippen LogP contribution in [0.2, 0.25) is 0 Å². The van der Waals surface area contributed by atoms with Crippen LogP contribution in [0, 0.1) is 11.6 Å². The Labute approximate surface area is 224 Å². The second kappa shape index (κ2) is 10.8. The fourth-order valence-electron chi connectivity index (χ4n) is 5.54. The molecule has 10 nitrogen and oxygen atoms in total. The van der Waals surface area contributed by atoms with Crippen molar-refractivity contribution in [3.8, 4) is 0 Å². The largest absolute Gasteiger partial charge is 0.406 e. The number of piperidine rings is 1. The topological polar surface area (TPSA) is 116 Å². The smallest absolute Gasteiger partial charge is 0.331 e. The number of aromatic amines is 1. The molecule has 5 rings (SSSR count). The van der Waals surface area contributed by atoms with E-state index < -0.39 is 54.8 Å². The fourth-order valence-corrected chi connectivity index (χ4v) is 5.54. The summed E-state index contributed by atoms with van der Waals surface area (Å²) in [7, 11) is 0. The lowest BCUT2D eigenvalue weighted by Gasteiger charge is -2.34. The van der Waals surface area contributed by atoms with Gasteiger partial charge in [0.2, 0.25) is 5.91 Å². The Kier molecular flexibility index (Phi) is 7.47. The predicted octanol–water partition coefficient (Wildman–Crippen LogP) is 3.08. The minimum absolute atomic E-state index is 0.0546. The first-order chi connectivity index (χ1) is 19.0. The molecule has 3 amide bonds. The number of hydrogen-bond acceptors (Lipinski definition) is 5. The Balaban J connectivity index is 1.28. The standard InChI is InChI=1S/C25H26F5N7O3/c26-17-3-1-2-16(20(17)27)14-4-5-18(22(38)36(11-14)12-25(28,29)30)33-23(39)35-8-6-15(7-9-35)37-19-10-31-13-32-21(19)34-24(37)40/h1-3,10,13-15,18H,4-9,11-12H2,(H,33,39)(H,31,32,34,40). The number of benzene rings is 1. The van der Waals surface area contributed by atoms with Crippen molar-refractivity contribution in [2.75, 3.05) is 26.2 Å². The summed E-state index contributed by atoms with van der Waals surface area (Å²) in [6, 6.07) is 1.31. The molecule has 0 bridgehead atoms. The highest BCUT2D eigenvalue weighted by molar-refractivity contribution is 5.87. The number of H-pyrrole nitrogens is 1. The van der Waals surface area contributed by atoms with Gasteiger partial charge in [0, 0.05) is 31.6 Å². The number of fused-ring (bicyclic) bond motifs is 1. The number of alkyl halides is 3. The number of rotatable bonds is 4. The number of halogens is 5. The number of imidazole rings is 1. The number of carbonyl (C=O) groups is 2. The second-order valence-electron chi connectivity index (χ2n) is 10.0. The maximum atomic E-state index is 14.5. The molecule has 2 saturated heterocycles. The predicted molar refractivity (Wildman–Crippen MR) is 131 cm³/mol. The monoisotopic (exact) mass is 567 g/mol. The normalized spacial score (nSPS) is 21.1. The first-order valence-electron chi connectivity index (χ1n) is 12.8. The number of nitrogens with one attached hydrogen (secondary N) is 2. The average molecular weight is 568 g/mol. The number of nitrogens with zero attached hydrogens (tertiary/aromatic N) is 5. The summed E-state index contributed by atoms with van der Waals surface area (Å²) in [6.07, 6.45) is -1.07. The molecule has 40 heavy (non-hydrogen) atoms. The Morgan fingerprint density at radius 3 is 2.58 bits per heavy atom. The van der Waals surface area contributed by atoms with Crippen LogP contribution < -0.4 is 11.0 Å². The molecular formula is C25H26F5N7O3. The zero-order valence-electron chi connectivity index (χ0n) is 21.1. The van der Waals surface area contributed by atoms with Gasteiger partial charge in [-0.25, -0.2) is 28.3 Å². The summed E-state index contributed by atoms with van der Waals surface area (Å²) in [4.78, 5) is 51.3. The maximum absolute atomic E-state index is 14.5. The Morgan fingerprint density at radius 1 is 1.10 bits per heavy atom. The van der Waals surface area contributed by atoms with Crippen molar-refractivity contribution < 1.29 is 31.5 Å². The second-order valence-corrected chi connectivity index (χ2v) is 10.0. The Morgan fingerprint density at radius 2 is 1.85 bits per heavy atom. The fraction of sp³-hybridized carbons (Fsp3) is 0.480. The molecule has 2 aliphatic rings. The molecule has 0 saturated carbocycles. The number of carbonyl (C=O) groups excluding carboxylic acids is 2. The van der Waals surface area contributed by atoms with Gasteiger partial charge < -0.3 is 15.1 Å². The highest BCUT2D eigenvalue weighted by Crippen LogP contribution is 2.32. The molecule has 3 aromatic rings. The lowest BCUT2D eigenvalue weighted by Crippen LogP contribution is -2.54. The van der Waals surface area contributed by atoms with Crippen molar-refractivity contribution in [2.45, 2.75) is 49.9 Å². The molecule has 2 atom stereocenters. The molecule has 0 aliphatic carbocycles. The SMILES string of the molecule is O=C(NC1CCC(c2cccc(F)c2F)CN(CC(F)(F)F)C1=O)N1CCC(n2c(=O)[nH]c3ncncc32)CC1. The molecule has 4 heterocycles. The van der Waals surface area contributed by atoms with Crippen molar-refractivity contribution in [1.82, 2.24) is 34.6 Å². The summed E-state index contributed by atoms with van der Waals surface area (Å²) in [5.74, 6) is -4.13. The molecule has 0 spiro atoms. The third kappa shape index (κ3) is 5.63. The summed E-state index contributed by atoms with van der Waals surface area (Å²) in [5, 5.41) is 2.55. The molecule has 214 valence electrons. The van der Waals surface area contributed by atoms with Crippen LogP contribution in [0.5, 0.6) is 0 Å². The third-order valence-electron chi connectivity index (χ3n) is 7.46. The zero-order valence-corrected chi connectivity index (χ0v) is 21.1. The molecule has 2 fully saturated rings. The van der Waals surface area contributed by atoms with Gasteiger partial charge in [0.25, 0.3) is 0 Å². The van der Waals surface area contributed by atoms with Crippen molar-refractivity contribution in [3.63, 3.8) is 0 Å². The van der Waals surface area contributed by atoms with E-state index in [0.717, 1.165) is 6.07 Å². The van der Waals surface area contributed by atoms with E-state index in [-0.39, 0.29) is 43.2 Å².